The zero-order valence-electron chi connectivity index (χ0n) is 4.45. The number of hydrogen-bond acceptors (Lipinski definition) is 5. The van der Waals surface area contributed by atoms with Gasteiger partial charge < -0.3 is 34.3 Å². The lowest BCUT2D eigenvalue weighted by Crippen LogP contribution is -3.00. The number of anilines is 2. The third-order valence-corrected chi connectivity index (χ3v) is 0.749. The second-order valence-corrected chi connectivity index (χ2v) is 1.29. The molecule has 1 aromatic rings. The molecule has 7 heteroatoms. The SMILES string of the molecule is Nc1nnc(N)n1N.[Br-]. The molecular formula is C2H6BrN6-. The number of aromatic nitrogens is 3. The fraction of sp³-hybridized carbons (Fsp3) is 0. The van der Waals surface area contributed by atoms with Gasteiger partial charge in [0.1, 0.15) is 0 Å². The van der Waals surface area contributed by atoms with Gasteiger partial charge in [-0.15, -0.1) is 10.2 Å². The summed E-state index contributed by atoms with van der Waals surface area (Å²) in [7, 11) is 0. The summed E-state index contributed by atoms with van der Waals surface area (Å²) in [6.07, 6.45) is 0. The first-order valence-corrected chi connectivity index (χ1v) is 1.93. The molecule has 0 amide bonds. The average molecular weight is 194 g/mol. The molecule has 0 spiro atoms. The lowest BCUT2D eigenvalue weighted by molar-refractivity contribution is -0.00000195. The highest BCUT2D eigenvalue weighted by Gasteiger charge is 1.97. The van der Waals surface area contributed by atoms with Gasteiger partial charge in [0.15, 0.2) is 0 Å². The van der Waals surface area contributed by atoms with E-state index in [4.69, 9.17) is 17.3 Å². The van der Waals surface area contributed by atoms with E-state index in [2.05, 4.69) is 10.2 Å². The normalized spacial score (nSPS) is 8.44. The first kappa shape index (κ1) is 8.02. The smallest absolute Gasteiger partial charge is 0.242 e. The molecule has 6 nitrogen and oxygen atoms in total. The van der Waals surface area contributed by atoms with Crippen molar-refractivity contribution in [1.29, 1.82) is 0 Å². The van der Waals surface area contributed by atoms with Gasteiger partial charge in [-0.3, -0.25) is 0 Å². The standard InChI is InChI=1S/C2H6N6.BrH/c3-1-6-7-2(4)8(1)5;/h5H2,(H2,3,6)(H2,4,7);1H/p-1. The molecule has 0 aliphatic carbocycles. The Labute approximate surface area is 61.8 Å². The molecule has 0 fully saturated rings. The summed E-state index contributed by atoms with van der Waals surface area (Å²) in [5, 5.41) is 6.71. The predicted molar refractivity (Wildman–Crippen MR) is 29.0 cm³/mol. The Hall–Kier alpha value is -0.980. The number of halogens is 1. The van der Waals surface area contributed by atoms with Crippen molar-refractivity contribution in [2.24, 2.45) is 0 Å². The summed E-state index contributed by atoms with van der Waals surface area (Å²) in [4.78, 5) is 0. The molecule has 6 N–H and O–H groups in total. The predicted octanol–water partition coefficient (Wildman–Crippen LogP) is -4.84. The van der Waals surface area contributed by atoms with Crippen LogP contribution in [-0.4, -0.2) is 14.9 Å². The molecule has 0 radical (unpaired) electrons. The lowest BCUT2D eigenvalue weighted by atomic mass is 11.0. The van der Waals surface area contributed by atoms with E-state index in [1.54, 1.807) is 0 Å². The van der Waals surface area contributed by atoms with E-state index in [-0.39, 0.29) is 28.9 Å². The fourth-order valence-electron chi connectivity index (χ4n) is 0.316. The van der Waals surface area contributed by atoms with E-state index in [1.165, 1.54) is 0 Å². The second kappa shape index (κ2) is 2.53. The molecule has 0 aromatic carbocycles. The van der Waals surface area contributed by atoms with Crippen LogP contribution in [0.15, 0.2) is 0 Å². The van der Waals surface area contributed by atoms with Crippen molar-refractivity contribution >= 4 is 11.9 Å². The van der Waals surface area contributed by atoms with Gasteiger partial charge in [-0.25, -0.2) is 0 Å². The Morgan fingerprint density at radius 2 is 1.44 bits per heavy atom. The summed E-state index contributed by atoms with van der Waals surface area (Å²) in [5.41, 5.74) is 10.2. The van der Waals surface area contributed by atoms with Gasteiger partial charge in [-0.1, -0.05) is 0 Å². The van der Waals surface area contributed by atoms with Gasteiger partial charge in [-0.05, 0) is 0 Å². The molecule has 0 aliphatic heterocycles. The minimum absolute atomic E-state index is 0. The van der Waals surface area contributed by atoms with E-state index in [0.29, 0.717) is 0 Å². The highest BCUT2D eigenvalue weighted by molar-refractivity contribution is 5.28. The Bertz CT molecular complexity index is 173. The van der Waals surface area contributed by atoms with Crippen LogP contribution in [0.2, 0.25) is 0 Å². The van der Waals surface area contributed by atoms with Gasteiger partial charge in [0.25, 0.3) is 0 Å². The van der Waals surface area contributed by atoms with Crippen LogP contribution in [0.25, 0.3) is 0 Å². The van der Waals surface area contributed by atoms with Crippen LogP contribution in [0, 0.1) is 0 Å². The van der Waals surface area contributed by atoms with Crippen LogP contribution < -0.4 is 34.3 Å². The Balaban J connectivity index is 0.000000640. The van der Waals surface area contributed by atoms with Crippen LogP contribution in [0.1, 0.15) is 0 Å². The zero-order chi connectivity index (χ0) is 6.15. The quantitative estimate of drug-likeness (QED) is 0.359. The number of nitrogens with two attached hydrogens (primary N) is 3. The number of hydrogen-bond donors (Lipinski definition) is 3. The molecule has 1 rings (SSSR count). The van der Waals surface area contributed by atoms with E-state index in [1.807, 2.05) is 0 Å². The Kier molecular flexibility index (Phi) is 2.26. The van der Waals surface area contributed by atoms with Crippen molar-refractivity contribution in [1.82, 2.24) is 14.9 Å². The maximum Gasteiger partial charge on any atom is 0.242 e. The first-order valence-electron chi connectivity index (χ1n) is 1.93. The average Bonchev–Trinajstić information content (AvgIpc) is 1.98. The van der Waals surface area contributed by atoms with Crippen molar-refractivity contribution in [3.8, 4) is 0 Å². The van der Waals surface area contributed by atoms with Gasteiger partial charge in [0.05, 0.1) is 0 Å². The Morgan fingerprint density at radius 1 is 1.11 bits per heavy atom. The van der Waals surface area contributed by atoms with Gasteiger partial charge in [0, 0.05) is 0 Å². The molecular weight excluding hydrogens is 188 g/mol. The molecule has 0 saturated carbocycles. The number of nitrogens with zero attached hydrogens (tertiary/aromatic N) is 3. The maximum absolute atomic E-state index is 5.14. The fourth-order valence-corrected chi connectivity index (χ4v) is 0.316. The van der Waals surface area contributed by atoms with Crippen molar-refractivity contribution in [2.45, 2.75) is 0 Å². The molecule has 52 valence electrons. The van der Waals surface area contributed by atoms with Crippen LogP contribution in [-0.2, 0) is 0 Å². The lowest BCUT2D eigenvalue weighted by Gasteiger charge is -1.90. The summed E-state index contributed by atoms with van der Waals surface area (Å²) in [6, 6.07) is 0. The molecule has 0 saturated heterocycles. The van der Waals surface area contributed by atoms with Gasteiger partial charge in [-0.2, -0.15) is 4.68 Å². The summed E-state index contributed by atoms with van der Waals surface area (Å²) >= 11 is 0. The minimum Gasteiger partial charge on any atom is -1.00 e. The minimum atomic E-state index is 0. The molecule has 9 heavy (non-hydrogen) atoms. The molecule has 1 aromatic heterocycles. The summed E-state index contributed by atoms with van der Waals surface area (Å²) in [6.45, 7) is 0. The molecule has 1 heterocycles. The van der Waals surface area contributed by atoms with Crippen molar-refractivity contribution in [3.63, 3.8) is 0 Å². The number of rotatable bonds is 0. The maximum atomic E-state index is 5.14. The van der Waals surface area contributed by atoms with E-state index >= 15 is 0 Å². The zero-order valence-corrected chi connectivity index (χ0v) is 6.04. The van der Waals surface area contributed by atoms with Crippen molar-refractivity contribution in [3.05, 3.63) is 0 Å². The summed E-state index contributed by atoms with van der Waals surface area (Å²) < 4.78 is 1.00. The van der Waals surface area contributed by atoms with Crippen LogP contribution in [0.3, 0.4) is 0 Å². The molecule has 0 bridgehead atoms. The van der Waals surface area contributed by atoms with E-state index < -0.39 is 0 Å². The van der Waals surface area contributed by atoms with E-state index in [0.717, 1.165) is 4.68 Å². The highest BCUT2D eigenvalue weighted by Crippen LogP contribution is 1.95. The molecule has 0 aliphatic rings. The number of nitrogen functional groups attached to an aromatic ring is 3. The van der Waals surface area contributed by atoms with Crippen LogP contribution >= 0.6 is 0 Å². The van der Waals surface area contributed by atoms with Crippen LogP contribution in [0.4, 0.5) is 11.9 Å². The molecule has 0 atom stereocenters. The summed E-state index contributed by atoms with van der Waals surface area (Å²) in [5.74, 6) is 5.37. The third-order valence-electron chi connectivity index (χ3n) is 0.749. The third kappa shape index (κ3) is 1.22. The topological polar surface area (TPSA) is 109 Å². The van der Waals surface area contributed by atoms with Crippen molar-refractivity contribution < 1.29 is 17.0 Å². The van der Waals surface area contributed by atoms with Gasteiger partial charge in [0.2, 0.25) is 11.9 Å². The van der Waals surface area contributed by atoms with Gasteiger partial charge >= 0.3 is 0 Å². The second-order valence-electron chi connectivity index (χ2n) is 1.29. The first-order chi connectivity index (χ1) is 3.72. The highest BCUT2D eigenvalue weighted by atomic mass is 79.9. The molecule has 0 unspecified atom stereocenters. The monoisotopic (exact) mass is 193 g/mol. The van der Waals surface area contributed by atoms with Crippen LogP contribution in [0.5, 0.6) is 0 Å². The Morgan fingerprint density at radius 3 is 1.56 bits per heavy atom. The van der Waals surface area contributed by atoms with E-state index in [9.17, 15) is 0 Å². The van der Waals surface area contributed by atoms with Crippen molar-refractivity contribution in [2.75, 3.05) is 17.3 Å². The largest absolute Gasteiger partial charge is 1.00 e.